The van der Waals surface area contributed by atoms with Crippen LogP contribution in [0, 0.1) is 0 Å². The van der Waals surface area contributed by atoms with Gasteiger partial charge in [-0.15, -0.1) is 0 Å². The van der Waals surface area contributed by atoms with Gasteiger partial charge in [0, 0.05) is 0 Å². The Labute approximate surface area is 81.4 Å². The molecule has 0 aromatic heterocycles. The molecule has 32 valence electrons. The van der Waals surface area contributed by atoms with Crippen molar-refractivity contribution in [3.8, 4) is 0 Å². The van der Waals surface area contributed by atoms with E-state index in [9.17, 15) is 0 Å². The van der Waals surface area contributed by atoms with Crippen LogP contribution in [0.1, 0.15) is 0 Å². The summed E-state index contributed by atoms with van der Waals surface area (Å²) in [6, 6.07) is 0. The van der Waals surface area contributed by atoms with E-state index in [1.807, 2.05) is 0 Å². The molecule has 0 aromatic carbocycles. The Kier molecular flexibility index (Phi) is 52.3. The van der Waals surface area contributed by atoms with Gasteiger partial charge in [-0.1, -0.05) is 0 Å². The van der Waals surface area contributed by atoms with Gasteiger partial charge in [0.15, 0.2) is 0 Å². The summed E-state index contributed by atoms with van der Waals surface area (Å²) in [6.45, 7) is 0. The predicted molar refractivity (Wildman–Crippen MR) is 17.3 cm³/mol. The first kappa shape index (κ1) is 23.4. The Morgan fingerprint density at radius 2 is 1.00 bits per heavy atom. The van der Waals surface area contributed by atoms with Gasteiger partial charge in [0.25, 0.3) is 0 Å². The second-order valence-corrected chi connectivity index (χ2v) is 0.289. The zero-order valence-electron chi connectivity index (χ0n) is 3.46. The zero-order chi connectivity index (χ0) is 3.58. The van der Waals surface area contributed by atoms with E-state index in [1.165, 1.54) is 0 Å². The Morgan fingerprint density at radius 3 is 1.00 bits per heavy atom. The summed E-state index contributed by atoms with van der Waals surface area (Å²) >= 11 is 0. The van der Waals surface area contributed by atoms with E-state index in [0.717, 1.165) is 0 Å². The van der Waals surface area contributed by atoms with E-state index in [4.69, 9.17) is 15.1 Å². The van der Waals surface area contributed by atoms with Crippen LogP contribution >= 0.6 is 0 Å². The van der Waals surface area contributed by atoms with Crippen molar-refractivity contribution in [2.24, 2.45) is 0 Å². The fourth-order valence-corrected chi connectivity index (χ4v) is 0. The average molecular weight is 145 g/mol. The Bertz CT molecular complexity index is 19.7. The summed E-state index contributed by atoms with van der Waals surface area (Å²) in [5.41, 5.74) is 0. The minimum absolute atomic E-state index is 0. The summed E-state index contributed by atoms with van der Waals surface area (Å²) in [4.78, 5) is 0. The van der Waals surface area contributed by atoms with Crippen molar-refractivity contribution in [2.45, 2.75) is 0 Å². The van der Waals surface area contributed by atoms with Gasteiger partial charge in [0.2, 0.25) is 0 Å². The van der Waals surface area contributed by atoms with Crippen LogP contribution in [-0.2, 0) is 0 Å². The molecule has 0 aliphatic carbocycles. The summed E-state index contributed by atoms with van der Waals surface area (Å²) in [5.74, 6) is 0. The number of hydrogen-bond donors (Lipinski definition) is 0. The summed E-state index contributed by atoms with van der Waals surface area (Å²) in [6.07, 6.45) is 0. The molecule has 7 heteroatoms. The van der Waals surface area contributed by atoms with Crippen LogP contribution in [0.25, 0.3) is 0 Å². The smallest absolute Gasteiger partial charge is 1.00 e. The molecule has 0 fully saturated rings. The summed E-state index contributed by atoms with van der Waals surface area (Å²) < 4.78 is 0. The Morgan fingerprint density at radius 1 is 1.00 bits per heavy atom. The van der Waals surface area contributed by atoms with Gasteiger partial charge < -0.3 is 19.8 Å². The van der Waals surface area contributed by atoms with Gasteiger partial charge in [0.05, 0.1) is 0 Å². The molecule has 0 heterocycles. The van der Waals surface area contributed by atoms with Crippen LogP contribution < -0.4 is 19.8 Å². The van der Waals surface area contributed by atoms with Gasteiger partial charge >= 0.3 is 55.1 Å². The van der Waals surface area contributed by atoms with Gasteiger partial charge in [0.1, 0.15) is 0 Å². The van der Waals surface area contributed by atoms with Crippen molar-refractivity contribution in [3.05, 3.63) is 0 Å². The molecule has 0 amide bonds. The summed E-state index contributed by atoms with van der Waals surface area (Å²) in [5, 5.41) is 25.2. The van der Waals surface area contributed by atoms with Crippen molar-refractivity contribution < 1.29 is 19.8 Å². The van der Waals surface area contributed by atoms with E-state index in [2.05, 4.69) is 0 Å². The molecule has 0 saturated heterocycles. The third-order valence-corrected chi connectivity index (χ3v) is 0. The second kappa shape index (κ2) is 15.6. The SMILES string of the molecule is [Al+3].[Ca+2].[F-].[O-]B([O-])[O-]. The van der Waals surface area contributed by atoms with E-state index in [0.29, 0.717) is 0 Å². The third-order valence-electron chi connectivity index (χ3n) is 0. The standard InChI is InChI=1S/Al.BO3.Ca.FH/c;2-1(3)4;;/h;;;1H/q+3;-3;+2;/p-1. The van der Waals surface area contributed by atoms with Crippen LogP contribution in [0.3, 0.4) is 0 Å². The molecule has 0 bridgehead atoms. The fraction of sp³-hybridized carbons (Fsp3) is 0. The van der Waals surface area contributed by atoms with Gasteiger partial charge in [-0.3, -0.25) is 7.32 Å². The van der Waals surface area contributed by atoms with Crippen LogP contribution in [0.2, 0.25) is 0 Å². The quantitative estimate of drug-likeness (QED) is 0.318. The second-order valence-electron chi connectivity index (χ2n) is 0.289. The van der Waals surface area contributed by atoms with E-state index >= 15 is 0 Å². The minimum Gasteiger partial charge on any atom is -1.00 e. The van der Waals surface area contributed by atoms with Crippen LogP contribution in [0.4, 0.5) is 0 Å². The van der Waals surface area contributed by atoms with Crippen LogP contribution in [0.15, 0.2) is 0 Å². The first-order valence-electron chi connectivity index (χ1n) is 0.707. The Balaban J connectivity index is -0.0000000150. The normalized spacial score (nSPS) is 3.86. The summed E-state index contributed by atoms with van der Waals surface area (Å²) in [7, 11) is -2.92. The molecule has 0 spiro atoms. The maximum absolute atomic E-state index is 8.42. The molecule has 0 aromatic rings. The average Bonchev–Trinajstić information content (AvgIpc) is 0.811. The van der Waals surface area contributed by atoms with Crippen molar-refractivity contribution in [1.29, 1.82) is 0 Å². The molecule has 0 radical (unpaired) electrons. The van der Waals surface area contributed by atoms with Crippen molar-refractivity contribution >= 4 is 62.4 Å². The monoisotopic (exact) mass is 145 g/mol. The number of halogens is 1. The molecule has 0 N–H and O–H groups in total. The zero-order valence-corrected chi connectivity index (χ0v) is 6.83. The van der Waals surface area contributed by atoms with Gasteiger partial charge in [-0.25, -0.2) is 0 Å². The first-order chi connectivity index (χ1) is 1.73. The molecule has 0 saturated carbocycles. The first-order valence-corrected chi connectivity index (χ1v) is 0.707. The number of hydrogen-bond acceptors (Lipinski definition) is 3. The molecule has 0 aliphatic rings. The molecule has 0 aliphatic heterocycles. The van der Waals surface area contributed by atoms with Crippen molar-refractivity contribution in [2.75, 3.05) is 0 Å². The predicted octanol–water partition coefficient (Wildman–Crippen LogP) is -7.71. The van der Waals surface area contributed by atoms with E-state index < -0.39 is 7.32 Å². The molecular formula is AlBCaFO3+. The number of rotatable bonds is 0. The van der Waals surface area contributed by atoms with Crippen LogP contribution in [0.5, 0.6) is 0 Å². The van der Waals surface area contributed by atoms with Crippen molar-refractivity contribution in [3.63, 3.8) is 0 Å². The van der Waals surface area contributed by atoms with Crippen molar-refractivity contribution in [1.82, 2.24) is 0 Å². The van der Waals surface area contributed by atoms with Gasteiger partial charge in [-0.05, 0) is 0 Å². The van der Waals surface area contributed by atoms with Gasteiger partial charge in [-0.2, -0.15) is 0 Å². The molecule has 7 heavy (non-hydrogen) atoms. The maximum Gasteiger partial charge on any atom is 3.00 e. The molecular weight excluding hydrogens is 145 g/mol. The molecule has 0 atom stereocenters. The maximum atomic E-state index is 8.42. The largest absolute Gasteiger partial charge is 3.00 e. The van der Waals surface area contributed by atoms with E-state index in [-0.39, 0.29) is 59.8 Å². The minimum atomic E-state index is -2.92. The molecule has 0 rings (SSSR count). The molecule has 3 nitrogen and oxygen atoms in total. The third kappa shape index (κ3) is 88.6. The van der Waals surface area contributed by atoms with Crippen LogP contribution in [-0.4, -0.2) is 62.4 Å². The topological polar surface area (TPSA) is 69.2 Å². The fourth-order valence-electron chi connectivity index (χ4n) is 0. The molecule has 0 unspecified atom stereocenters. The Hall–Kier alpha value is 1.67. The van der Waals surface area contributed by atoms with E-state index in [1.54, 1.807) is 0 Å².